The predicted molar refractivity (Wildman–Crippen MR) is 93.6 cm³/mol. The quantitative estimate of drug-likeness (QED) is 0.540. The Morgan fingerprint density at radius 1 is 1.10 bits per heavy atom. The molecule has 2 nitrogen and oxygen atoms in total. The van der Waals surface area contributed by atoms with Crippen molar-refractivity contribution in [1.29, 1.82) is 0 Å². The topological polar surface area (TPSA) is 32.6 Å². The third-order valence-corrected chi connectivity index (χ3v) is 4.78. The van der Waals surface area contributed by atoms with Gasteiger partial charge in [-0.05, 0) is 29.0 Å². The number of aliphatic imine (C=N–C) groups is 1. The summed E-state index contributed by atoms with van der Waals surface area (Å²) in [6, 6.07) is 16.4. The van der Waals surface area contributed by atoms with E-state index in [1.54, 1.807) is 11.3 Å². The van der Waals surface area contributed by atoms with Crippen molar-refractivity contribution in [1.82, 2.24) is 0 Å². The number of rotatable bonds is 4. The van der Waals surface area contributed by atoms with Gasteiger partial charge in [0.05, 0.1) is 9.90 Å². The van der Waals surface area contributed by atoms with Crippen LogP contribution in [0.25, 0.3) is 10.8 Å². The molecule has 0 aliphatic rings. The van der Waals surface area contributed by atoms with Gasteiger partial charge in [-0.25, -0.2) is 0 Å². The summed E-state index contributed by atoms with van der Waals surface area (Å²) in [6.07, 6.45) is 2.51. The van der Waals surface area contributed by atoms with Crippen LogP contribution in [0.2, 0.25) is 0 Å². The first-order valence-electron chi connectivity index (χ1n) is 6.71. The Labute approximate surface area is 133 Å². The van der Waals surface area contributed by atoms with Gasteiger partial charge in [-0.15, -0.1) is 24.0 Å². The van der Waals surface area contributed by atoms with Crippen LogP contribution in [-0.2, 0) is 6.42 Å². The van der Waals surface area contributed by atoms with Crippen LogP contribution in [0.4, 0.5) is 5.69 Å². The number of hydrogen-bond acceptors (Lipinski definition) is 4. The third-order valence-electron chi connectivity index (χ3n) is 3.24. The Morgan fingerprint density at radius 3 is 2.71 bits per heavy atom. The lowest BCUT2D eigenvalue weighted by Gasteiger charge is -1.98. The molecule has 0 aliphatic carbocycles. The smallest absolute Gasteiger partial charge is 0.0659 e. The maximum absolute atomic E-state index is 8.98. The minimum absolute atomic E-state index is 0.162. The molecule has 3 rings (SSSR count). The lowest BCUT2D eigenvalue weighted by molar-refractivity contribution is 0.300. The summed E-state index contributed by atoms with van der Waals surface area (Å²) >= 11 is 6.05. The molecular weight excluding hydrogens is 298 g/mol. The summed E-state index contributed by atoms with van der Waals surface area (Å²) in [5.74, 6) is 0. The molecular formula is C17H15NOS2. The zero-order chi connectivity index (χ0) is 14.7. The van der Waals surface area contributed by atoms with Gasteiger partial charge in [0.2, 0.25) is 0 Å². The van der Waals surface area contributed by atoms with Crippen LogP contribution >= 0.6 is 24.0 Å². The highest BCUT2D eigenvalue weighted by Gasteiger charge is 2.04. The van der Waals surface area contributed by atoms with Crippen molar-refractivity contribution in [2.45, 2.75) is 10.6 Å². The van der Waals surface area contributed by atoms with Gasteiger partial charge in [0.25, 0.3) is 0 Å². The van der Waals surface area contributed by atoms with Crippen molar-refractivity contribution in [3.8, 4) is 0 Å². The Balaban J connectivity index is 1.87. The monoisotopic (exact) mass is 313 g/mol. The van der Waals surface area contributed by atoms with E-state index in [1.807, 2.05) is 30.5 Å². The predicted octanol–water partition coefficient (Wildman–Crippen LogP) is 4.48. The molecule has 106 valence electrons. The number of aliphatic hydroxyl groups is 1. The molecule has 21 heavy (non-hydrogen) atoms. The summed E-state index contributed by atoms with van der Waals surface area (Å²) in [5, 5.41) is 11.4. The molecule has 1 aromatic heterocycles. The van der Waals surface area contributed by atoms with Gasteiger partial charge in [0, 0.05) is 29.7 Å². The highest BCUT2D eigenvalue weighted by molar-refractivity contribution is 7.83. The molecule has 0 saturated heterocycles. The second-order valence-electron chi connectivity index (χ2n) is 4.74. The van der Waals surface area contributed by atoms with Crippen molar-refractivity contribution in [2.24, 2.45) is 4.99 Å². The van der Waals surface area contributed by atoms with Crippen LogP contribution in [0.3, 0.4) is 0 Å². The highest BCUT2D eigenvalue weighted by atomic mass is 32.2. The molecule has 2 aromatic carbocycles. The second kappa shape index (κ2) is 6.43. The molecule has 1 N–H and O–H groups in total. The fraction of sp³-hybridized carbons (Fsp3) is 0.118. The van der Waals surface area contributed by atoms with Gasteiger partial charge in [-0.2, -0.15) is 0 Å². The van der Waals surface area contributed by atoms with E-state index >= 15 is 0 Å². The average Bonchev–Trinajstić information content (AvgIpc) is 2.85. The first-order chi connectivity index (χ1) is 10.3. The summed E-state index contributed by atoms with van der Waals surface area (Å²) in [7, 11) is 0. The van der Waals surface area contributed by atoms with E-state index in [-0.39, 0.29) is 6.61 Å². The first-order valence-corrected chi connectivity index (χ1v) is 7.98. The molecule has 4 heteroatoms. The van der Waals surface area contributed by atoms with E-state index in [1.165, 1.54) is 10.8 Å². The number of benzene rings is 2. The molecule has 3 aromatic rings. The van der Waals surface area contributed by atoms with Crippen LogP contribution in [-0.4, -0.2) is 17.9 Å². The highest BCUT2D eigenvalue weighted by Crippen LogP contribution is 2.26. The summed E-state index contributed by atoms with van der Waals surface area (Å²) in [6.45, 7) is 0.162. The summed E-state index contributed by atoms with van der Waals surface area (Å²) in [4.78, 5) is 5.66. The van der Waals surface area contributed by atoms with Gasteiger partial charge in [0.15, 0.2) is 0 Å². The lowest BCUT2D eigenvalue weighted by atomic mass is 10.1. The van der Waals surface area contributed by atoms with E-state index in [9.17, 15) is 0 Å². The fourth-order valence-corrected chi connectivity index (χ4v) is 3.51. The molecule has 0 saturated carbocycles. The molecule has 0 aliphatic heterocycles. The Bertz CT molecular complexity index is 792. The van der Waals surface area contributed by atoms with E-state index in [0.29, 0.717) is 6.42 Å². The van der Waals surface area contributed by atoms with Crippen LogP contribution in [0, 0.1) is 0 Å². The van der Waals surface area contributed by atoms with Crippen molar-refractivity contribution in [3.63, 3.8) is 0 Å². The Morgan fingerprint density at radius 2 is 1.90 bits per heavy atom. The van der Waals surface area contributed by atoms with Gasteiger partial charge in [-0.1, -0.05) is 30.3 Å². The zero-order valence-corrected chi connectivity index (χ0v) is 13.1. The number of thiol groups is 1. The van der Waals surface area contributed by atoms with Crippen LogP contribution in [0.5, 0.6) is 0 Å². The number of fused-ring (bicyclic) bond motifs is 1. The van der Waals surface area contributed by atoms with Crippen molar-refractivity contribution in [2.75, 3.05) is 6.61 Å². The SMILES string of the molecule is OCCc1cc(C=Nc2ccc3ccccc3c2)c(S)s1. The largest absolute Gasteiger partial charge is 0.396 e. The summed E-state index contributed by atoms with van der Waals surface area (Å²) < 4.78 is 0.933. The maximum Gasteiger partial charge on any atom is 0.0659 e. The molecule has 0 amide bonds. The first kappa shape index (κ1) is 14.3. The van der Waals surface area contributed by atoms with E-state index in [4.69, 9.17) is 5.11 Å². The molecule has 0 unspecified atom stereocenters. The van der Waals surface area contributed by atoms with Gasteiger partial charge in [-0.3, -0.25) is 4.99 Å². The second-order valence-corrected chi connectivity index (χ2v) is 6.62. The number of thiophene rings is 1. The summed E-state index contributed by atoms with van der Waals surface area (Å²) in [5.41, 5.74) is 1.93. The van der Waals surface area contributed by atoms with Crippen molar-refractivity contribution in [3.05, 3.63) is 59.0 Å². The van der Waals surface area contributed by atoms with E-state index < -0.39 is 0 Å². The average molecular weight is 313 g/mol. The standard InChI is InChI=1S/C17H15NOS2/c19-8-7-16-10-14(17(20)21-16)11-18-15-6-5-12-3-1-2-4-13(12)9-15/h1-6,9-11,19-20H,7-8H2. The normalized spacial score (nSPS) is 11.5. The lowest BCUT2D eigenvalue weighted by Crippen LogP contribution is -1.85. The van der Waals surface area contributed by atoms with Gasteiger partial charge < -0.3 is 5.11 Å². The van der Waals surface area contributed by atoms with Gasteiger partial charge >= 0.3 is 0 Å². The third kappa shape index (κ3) is 3.35. The van der Waals surface area contributed by atoms with E-state index in [2.05, 4.69) is 41.9 Å². The van der Waals surface area contributed by atoms with Crippen molar-refractivity contribution >= 4 is 46.6 Å². The molecule has 0 spiro atoms. The van der Waals surface area contributed by atoms with E-state index in [0.717, 1.165) is 20.3 Å². The zero-order valence-electron chi connectivity index (χ0n) is 11.4. The van der Waals surface area contributed by atoms with Crippen LogP contribution in [0.15, 0.2) is 57.7 Å². The number of aliphatic hydroxyl groups excluding tert-OH is 1. The van der Waals surface area contributed by atoms with Crippen molar-refractivity contribution < 1.29 is 5.11 Å². The minimum Gasteiger partial charge on any atom is -0.396 e. The van der Waals surface area contributed by atoms with Crippen LogP contribution in [0.1, 0.15) is 10.4 Å². The number of hydrogen-bond donors (Lipinski definition) is 2. The molecule has 1 heterocycles. The minimum atomic E-state index is 0.162. The van der Waals surface area contributed by atoms with Gasteiger partial charge in [0.1, 0.15) is 0 Å². The number of nitrogens with zero attached hydrogens (tertiary/aromatic N) is 1. The fourth-order valence-electron chi connectivity index (χ4n) is 2.17. The molecule has 0 radical (unpaired) electrons. The Hall–Kier alpha value is -1.62. The molecule has 0 fully saturated rings. The Kier molecular flexibility index (Phi) is 4.39. The maximum atomic E-state index is 8.98. The molecule has 0 bridgehead atoms. The van der Waals surface area contributed by atoms with Crippen LogP contribution < -0.4 is 0 Å². The molecule has 0 atom stereocenters.